The van der Waals surface area contributed by atoms with Gasteiger partial charge in [-0.25, -0.2) is 4.98 Å². The number of anilines is 1. The minimum Gasteiger partial charge on any atom is -0.434 e. The zero-order valence-electron chi connectivity index (χ0n) is 8.64. The van der Waals surface area contributed by atoms with E-state index in [-0.39, 0.29) is 11.6 Å². The Morgan fingerprint density at radius 2 is 2.00 bits per heavy atom. The molecule has 2 N–H and O–H groups in total. The third-order valence-electron chi connectivity index (χ3n) is 2.06. The van der Waals surface area contributed by atoms with Crippen molar-refractivity contribution in [2.75, 3.05) is 5.73 Å². The maximum absolute atomic E-state index is 13.5. The number of hydrogen-bond acceptors (Lipinski definition) is 4. The minimum atomic E-state index is -0.578. The zero-order valence-corrected chi connectivity index (χ0v) is 8.64. The van der Waals surface area contributed by atoms with E-state index in [9.17, 15) is 4.39 Å². The molecule has 0 saturated carbocycles. The van der Waals surface area contributed by atoms with Crippen LogP contribution in [0.2, 0.25) is 0 Å². The predicted octanol–water partition coefficient (Wildman–Crippen LogP) is 2.30. The largest absolute Gasteiger partial charge is 0.434 e. The summed E-state index contributed by atoms with van der Waals surface area (Å²) in [5.74, 6) is -0.323. The highest BCUT2D eigenvalue weighted by Gasteiger charge is 2.10. The van der Waals surface area contributed by atoms with Crippen molar-refractivity contribution < 1.29 is 9.13 Å². The second-order valence-electron chi connectivity index (χ2n) is 3.22. The quantitative estimate of drug-likeness (QED) is 0.787. The van der Waals surface area contributed by atoms with Gasteiger partial charge in [0, 0.05) is 0 Å². The summed E-state index contributed by atoms with van der Waals surface area (Å²) in [6, 6.07) is 6.83. The number of halogens is 1. The monoisotopic (exact) mass is 219 g/mol. The predicted molar refractivity (Wildman–Crippen MR) is 57.7 cm³/mol. The van der Waals surface area contributed by atoms with Crippen LogP contribution in [-0.4, -0.2) is 9.97 Å². The number of rotatable bonds is 2. The van der Waals surface area contributed by atoms with Crippen LogP contribution >= 0.6 is 0 Å². The molecule has 16 heavy (non-hydrogen) atoms. The van der Waals surface area contributed by atoms with Crippen molar-refractivity contribution in [3.8, 4) is 11.6 Å². The molecule has 0 fully saturated rings. The van der Waals surface area contributed by atoms with Gasteiger partial charge in [0.1, 0.15) is 6.33 Å². The third kappa shape index (κ3) is 1.93. The molecule has 4 nitrogen and oxygen atoms in total. The molecule has 0 radical (unpaired) electrons. The molecule has 5 heteroatoms. The van der Waals surface area contributed by atoms with Crippen molar-refractivity contribution >= 4 is 5.69 Å². The number of nitrogens with zero attached hydrogens (tertiary/aromatic N) is 2. The SMILES string of the molecule is Cc1ncnc(Oc2ccccc2N)c1F. The number of nitrogen functional groups attached to an aromatic ring is 1. The molecule has 0 aliphatic heterocycles. The smallest absolute Gasteiger partial charge is 0.259 e. The summed E-state index contributed by atoms with van der Waals surface area (Å²) in [7, 11) is 0. The van der Waals surface area contributed by atoms with Gasteiger partial charge >= 0.3 is 0 Å². The van der Waals surface area contributed by atoms with E-state index in [0.29, 0.717) is 11.4 Å². The molecule has 1 aromatic heterocycles. The van der Waals surface area contributed by atoms with Crippen molar-refractivity contribution in [1.29, 1.82) is 0 Å². The van der Waals surface area contributed by atoms with Gasteiger partial charge in [0.2, 0.25) is 5.82 Å². The molecular formula is C11H10FN3O. The Morgan fingerprint density at radius 1 is 1.25 bits per heavy atom. The molecule has 0 aliphatic rings. The Balaban J connectivity index is 2.35. The van der Waals surface area contributed by atoms with Crippen LogP contribution in [-0.2, 0) is 0 Å². The second-order valence-corrected chi connectivity index (χ2v) is 3.22. The van der Waals surface area contributed by atoms with E-state index in [2.05, 4.69) is 9.97 Å². The van der Waals surface area contributed by atoms with E-state index in [1.807, 2.05) is 0 Å². The van der Waals surface area contributed by atoms with Crippen molar-refractivity contribution in [3.05, 3.63) is 42.1 Å². The summed E-state index contributed by atoms with van der Waals surface area (Å²) < 4.78 is 18.8. The highest BCUT2D eigenvalue weighted by atomic mass is 19.1. The van der Waals surface area contributed by atoms with Crippen molar-refractivity contribution in [3.63, 3.8) is 0 Å². The fraction of sp³-hybridized carbons (Fsp3) is 0.0909. The Hall–Kier alpha value is -2.17. The van der Waals surface area contributed by atoms with Gasteiger partial charge in [-0.2, -0.15) is 9.37 Å². The van der Waals surface area contributed by atoms with Gasteiger partial charge in [0.15, 0.2) is 5.75 Å². The number of aromatic nitrogens is 2. The molecule has 0 bridgehead atoms. The van der Waals surface area contributed by atoms with Crippen LogP contribution in [0.25, 0.3) is 0 Å². The van der Waals surface area contributed by atoms with Gasteiger partial charge in [-0.15, -0.1) is 0 Å². The van der Waals surface area contributed by atoms with E-state index >= 15 is 0 Å². The van der Waals surface area contributed by atoms with Crippen molar-refractivity contribution in [2.45, 2.75) is 6.92 Å². The lowest BCUT2D eigenvalue weighted by Gasteiger charge is -2.08. The normalized spacial score (nSPS) is 10.1. The summed E-state index contributed by atoms with van der Waals surface area (Å²) in [6.45, 7) is 1.54. The molecule has 0 spiro atoms. The fourth-order valence-corrected chi connectivity index (χ4v) is 1.18. The van der Waals surface area contributed by atoms with Crippen molar-refractivity contribution in [2.24, 2.45) is 0 Å². The summed E-state index contributed by atoms with van der Waals surface area (Å²) >= 11 is 0. The molecule has 0 aliphatic carbocycles. The molecule has 0 saturated heterocycles. The van der Waals surface area contributed by atoms with Crippen LogP contribution in [0.3, 0.4) is 0 Å². The molecule has 0 amide bonds. The first kappa shape index (κ1) is 10.4. The lowest BCUT2D eigenvalue weighted by Crippen LogP contribution is -1.98. The van der Waals surface area contributed by atoms with E-state index < -0.39 is 5.82 Å². The maximum atomic E-state index is 13.5. The van der Waals surface area contributed by atoms with Gasteiger partial charge in [-0.05, 0) is 19.1 Å². The lowest BCUT2D eigenvalue weighted by atomic mass is 10.3. The van der Waals surface area contributed by atoms with Gasteiger partial charge in [0.05, 0.1) is 11.4 Å². The van der Waals surface area contributed by atoms with E-state index in [1.54, 1.807) is 24.3 Å². The topological polar surface area (TPSA) is 61.0 Å². The first-order chi connectivity index (χ1) is 7.68. The van der Waals surface area contributed by atoms with Crippen LogP contribution in [0, 0.1) is 12.7 Å². The summed E-state index contributed by atoms with van der Waals surface area (Å²) in [5.41, 5.74) is 6.33. The van der Waals surface area contributed by atoms with Crippen LogP contribution in [0.4, 0.5) is 10.1 Å². The number of nitrogens with two attached hydrogens (primary N) is 1. The van der Waals surface area contributed by atoms with Crippen LogP contribution in [0.1, 0.15) is 5.69 Å². The average Bonchev–Trinajstić information content (AvgIpc) is 2.28. The number of ether oxygens (including phenoxy) is 1. The molecule has 1 heterocycles. The zero-order chi connectivity index (χ0) is 11.5. The van der Waals surface area contributed by atoms with Crippen molar-refractivity contribution in [1.82, 2.24) is 9.97 Å². The maximum Gasteiger partial charge on any atom is 0.259 e. The first-order valence-electron chi connectivity index (χ1n) is 4.68. The van der Waals surface area contributed by atoms with Crippen LogP contribution in [0.15, 0.2) is 30.6 Å². The van der Waals surface area contributed by atoms with E-state index in [1.165, 1.54) is 13.3 Å². The number of para-hydroxylation sites is 2. The highest BCUT2D eigenvalue weighted by molar-refractivity contribution is 5.53. The molecule has 2 aromatic rings. The van der Waals surface area contributed by atoms with Gasteiger partial charge < -0.3 is 10.5 Å². The van der Waals surface area contributed by atoms with E-state index in [0.717, 1.165) is 0 Å². The average molecular weight is 219 g/mol. The summed E-state index contributed by atoms with van der Waals surface area (Å²) in [5, 5.41) is 0. The Bertz CT molecular complexity index is 516. The van der Waals surface area contributed by atoms with Crippen LogP contribution in [0.5, 0.6) is 11.6 Å². The third-order valence-corrected chi connectivity index (χ3v) is 2.06. The second kappa shape index (κ2) is 4.14. The Morgan fingerprint density at radius 3 is 2.75 bits per heavy atom. The van der Waals surface area contributed by atoms with Gasteiger partial charge in [-0.1, -0.05) is 12.1 Å². The molecule has 0 unspecified atom stereocenters. The first-order valence-corrected chi connectivity index (χ1v) is 4.68. The molecule has 82 valence electrons. The number of hydrogen-bond donors (Lipinski definition) is 1. The molecule has 2 rings (SSSR count). The highest BCUT2D eigenvalue weighted by Crippen LogP contribution is 2.27. The fourth-order valence-electron chi connectivity index (χ4n) is 1.18. The van der Waals surface area contributed by atoms with Gasteiger partial charge in [-0.3, -0.25) is 0 Å². The van der Waals surface area contributed by atoms with Crippen LogP contribution < -0.4 is 10.5 Å². The number of benzene rings is 1. The number of aryl methyl sites for hydroxylation is 1. The molecule has 1 aromatic carbocycles. The Kier molecular flexibility index (Phi) is 2.68. The summed E-state index contributed by atoms with van der Waals surface area (Å²) in [4.78, 5) is 7.42. The van der Waals surface area contributed by atoms with Gasteiger partial charge in [0.25, 0.3) is 5.88 Å². The summed E-state index contributed by atoms with van der Waals surface area (Å²) in [6.07, 6.45) is 1.24. The standard InChI is InChI=1S/C11H10FN3O/c1-7-10(12)11(15-6-14-7)16-9-5-3-2-4-8(9)13/h2-6H,13H2,1H3. The minimum absolute atomic E-state index is 0.120. The van der Waals surface area contributed by atoms with E-state index in [4.69, 9.17) is 10.5 Å². The lowest BCUT2D eigenvalue weighted by molar-refractivity contribution is 0.418. The molecular weight excluding hydrogens is 209 g/mol. The molecule has 0 atom stereocenters. The Labute approximate surface area is 91.9 Å².